The van der Waals surface area contributed by atoms with Gasteiger partial charge in [-0.3, -0.25) is 4.90 Å². The third kappa shape index (κ3) is 5.80. The van der Waals surface area contributed by atoms with E-state index in [1.807, 2.05) is 0 Å². The molecule has 9 heteroatoms. The number of hydrogen-bond donors (Lipinski definition) is 1. The van der Waals surface area contributed by atoms with Crippen molar-refractivity contribution in [1.82, 2.24) is 10.2 Å². The van der Waals surface area contributed by atoms with E-state index in [0.29, 0.717) is 10.0 Å². The number of halogens is 6. The molecule has 1 aliphatic rings. The fraction of sp³-hybridized carbons (Fsp3) is 0.500. The molecule has 1 aromatic rings. The van der Waals surface area contributed by atoms with Crippen LogP contribution in [0.3, 0.4) is 0 Å². The predicted molar refractivity (Wildman–Crippen MR) is 91.1 cm³/mol. The highest BCUT2D eigenvalue weighted by Crippen LogP contribution is 2.36. The summed E-state index contributed by atoms with van der Waals surface area (Å²) in [6.07, 6.45) is -4.21. The summed E-state index contributed by atoms with van der Waals surface area (Å²) in [4.78, 5) is 2.06. The van der Waals surface area contributed by atoms with Crippen molar-refractivity contribution >= 4 is 40.7 Å². The third-order valence-corrected chi connectivity index (χ3v) is 4.28. The molecule has 1 N–H and O–H groups in total. The molecule has 1 aromatic carbocycles. The Bertz CT molecular complexity index is 543. The normalized spacial score (nSPS) is 16.7. The first-order chi connectivity index (χ1) is 9.93. The fourth-order valence-electron chi connectivity index (χ4n) is 2.49. The SMILES string of the molecule is Cl.Cl.N#CC[C@@H](c1cc(C(F)(F)F)ccc1Br)N1CCNCC1. The molecule has 0 aromatic heterocycles. The van der Waals surface area contributed by atoms with Gasteiger partial charge in [-0.15, -0.1) is 24.8 Å². The summed E-state index contributed by atoms with van der Waals surface area (Å²) >= 11 is 3.32. The Labute approximate surface area is 154 Å². The summed E-state index contributed by atoms with van der Waals surface area (Å²) in [6.45, 7) is 2.99. The zero-order valence-corrected chi connectivity index (χ0v) is 15.3. The molecule has 0 aliphatic carbocycles. The topological polar surface area (TPSA) is 39.1 Å². The van der Waals surface area contributed by atoms with Crippen molar-refractivity contribution in [3.8, 4) is 6.07 Å². The molecule has 0 bridgehead atoms. The number of alkyl halides is 3. The molecule has 23 heavy (non-hydrogen) atoms. The van der Waals surface area contributed by atoms with Crippen molar-refractivity contribution in [1.29, 1.82) is 5.26 Å². The Kier molecular flexibility index (Phi) is 9.48. The van der Waals surface area contributed by atoms with Gasteiger partial charge in [0.15, 0.2) is 0 Å². The summed E-state index contributed by atoms with van der Waals surface area (Å²) in [5, 5.41) is 12.2. The second-order valence-electron chi connectivity index (χ2n) is 4.90. The fourth-order valence-corrected chi connectivity index (χ4v) is 3.00. The van der Waals surface area contributed by atoms with E-state index < -0.39 is 11.7 Å². The highest BCUT2D eigenvalue weighted by atomic mass is 79.9. The molecule has 0 amide bonds. The van der Waals surface area contributed by atoms with Gasteiger partial charge in [0, 0.05) is 36.7 Å². The summed E-state index contributed by atoms with van der Waals surface area (Å²) in [7, 11) is 0. The first-order valence-corrected chi connectivity index (χ1v) is 7.41. The largest absolute Gasteiger partial charge is 0.416 e. The monoisotopic (exact) mass is 433 g/mol. The van der Waals surface area contributed by atoms with Crippen molar-refractivity contribution in [3.63, 3.8) is 0 Å². The first-order valence-electron chi connectivity index (χ1n) is 6.62. The molecule has 0 radical (unpaired) electrons. The lowest BCUT2D eigenvalue weighted by Crippen LogP contribution is -2.45. The van der Waals surface area contributed by atoms with Crippen LogP contribution in [0.25, 0.3) is 0 Å². The maximum atomic E-state index is 12.9. The Hall–Kier alpha value is -0.520. The summed E-state index contributed by atoms with van der Waals surface area (Å²) < 4.78 is 39.3. The van der Waals surface area contributed by atoms with Crippen molar-refractivity contribution < 1.29 is 13.2 Å². The van der Waals surface area contributed by atoms with Crippen LogP contribution in [0.5, 0.6) is 0 Å². The molecule has 1 fully saturated rings. The van der Waals surface area contributed by atoms with Crippen LogP contribution < -0.4 is 5.32 Å². The molecule has 2 rings (SSSR count). The summed E-state index contributed by atoms with van der Waals surface area (Å²) in [5.74, 6) is 0. The molecular formula is C14H17BrCl2F3N3. The molecule has 3 nitrogen and oxygen atoms in total. The number of rotatable bonds is 3. The van der Waals surface area contributed by atoms with Gasteiger partial charge in [0.25, 0.3) is 0 Å². The first kappa shape index (κ1) is 22.5. The number of nitriles is 1. The molecule has 0 unspecified atom stereocenters. The van der Waals surface area contributed by atoms with E-state index in [1.54, 1.807) is 0 Å². The van der Waals surface area contributed by atoms with Gasteiger partial charge in [0.1, 0.15) is 0 Å². The van der Waals surface area contributed by atoms with Crippen LogP contribution >= 0.6 is 40.7 Å². The molecular weight excluding hydrogens is 418 g/mol. The van der Waals surface area contributed by atoms with E-state index >= 15 is 0 Å². The Morgan fingerprint density at radius 3 is 2.39 bits per heavy atom. The number of hydrogen-bond acceptors (Lipinski definition) is 3. The minimum Gasteiger partial charge on any atom is -0.314 e. The van der Waals surface area contributed by atoms with Crippen LogP contribution in [-0.2, 0) is 6.18 Å². The Balaban J connectivity index is 0.00000242. The van der Waals surface area contributed by atoms with Crippen LogP contribution in [0.4, 0.5) is 13.2 Å². The zero-order valence-electron chi connectivity index (χ0n) is 12.1. The molecule has 130 valence electrons. The molecule has 1 aliphatic heterocycles. The predicted octanol–water partition coefficient (Wildman–Crippen LogP) is 4.17. The lowest BCUT2D eigenvalue weighted by Gasteiger charge is -2.34. The number of nitrogens with zero attached hydrogens (tertiary/aromatic N) is 2. The summed E-state index contributed by atoms with van der Waals surface area (Å²) in [6, 6.07) is 5.36. The van der Waals surface area contributed by atoms with Gasteiger partial charge in [-0.1, -0.05) is 15.9 Å². The van der Waals surface area contributed by atoms with Crippen LogP contribution in [0, 0.1) is 11.3 Å². The van der Waals surface area contributed by atoms with Crippen molar-refractivity contribution in [2.75, 3.05) is 26.2 Å². The molecule has 1 atom stereocenters. The smallest absolute Gasteiger partial charge is 0.314 e. The van der Waals surface area contributed by atoms with Crippen LogP contribution in [0.1, 0.15) is 23.6 Å². The van der Waals surface area contributed by atoms with Crippen LogP contribution in [0.15, 0.2) is 22.7 Å². The van der Waals surface area contributed by atoms with E-state index in [2.05, 4.69) is 32.2 Å². The van der Waals surface area contributed by atoms with Gasteiger partial charge in [0.05, 0.1) is 18.1 Å². The maximum absolute atomic E-state index is 12.9. The Morgan fingerprint density at radius 1 is 1.26 bits per heavy atom. The molecule has 0 saturated carbocycles. The summed E-state index contributed by atoms with van der Waals surface area (Å²) in [5.41, 5.74) is -0.160. The average Bonchev–Trinajstić information content (AvgIpc) is 2.45. The highest BCUT2D eigenvalue weighted by molar-refractivity contribution is 9.10. The average molecular weight is 435 g/mol. The van der Waals surface area contributed by atoms with E-state index in [1.165, 1.54) is 6.07 Å². The third-order valence-electron chi connectivity index (χ3n) is 3.56. The van der Waals surface area contributed by atoms with E-state index in [0.717, 1.165) is 38.3 Å². The Morgan fingerprint density at radius 2 is 1.87 bits per heavy atom. The highest BCUT2D eigenvalue weighted by Gasteiger charge is 2.32. The van der Waals surface area contributed by atoms with Crippen LogP contribution in [0.2, 0.25) is 0 Å². The maximum Gasteiger partial charge on any atom is 0.416 e. The van der Waals surface area contributed by atoms with Gasteiger partial charge in [-0.25, -0.2) is 0 Å². The molecule has 1 saturated heterocycles. The second kappa shape index (κ2) is 9.70. The lowest BCUT2D eigenvalue weighted by atomic mass is 9.99. The van der Waals surface area contributed by atoms with Crippen molar-refractivity contribution in [3.05, 3.63) is 33.8 Å². The van der Waals surface area contributed by atoms with Crippen molar-refractivity contribution in [2.24, 2.45) is 0 Å². The number of benzene rings is 1. The molecule has 0 spiro atoms. The minimum atomic E-state index is -4.38. The number of nitrogens with one attached hydrogen (secondary N) is 1. The second-order valence-corrected chi connectivity index (χ2v) is 5.75. The molecule has 1 heterocycles. The van der Waals surface area contributed by atoms with Gasteiger partial charge >= 0.3 is 6.18 Å². The van der Waals surface area contributed by atoms with Gasteiger partial charge in [0.2, 0.25) is 0 Å². The van der Waals surface area contributed by atoms with Gasteiger partial charge < -0.3 is 5.32 Å². The van der Waals surface area contributed by atoms with E-state index in [-0.39, 0.29) is 37.3 Å². The van der Waals surface area contributed by atoms with Crippen molar-refractivity contribution in [2.45, 2.75) is 18.6 Å². The van der Waals surface area contributed by atoms with Crippen LogP contribution in [-0.4, -0.2) is 31.1 Å². The quantitative estimate of drug-likeness (QED) is 0.775. The van der Waals surface area contributed by atoms with E-state index in [4.69, 9.17) is 5.26 Å². The van der Waals surface area contributed by atoms with Gasteiger partial charge in [-0.2, -0.15) is 18.4 Å². The van der Waals surface area contributed by atoms with Gasteiger partial charge in [-0.05, 0) is 23.8 Å². The standard InChI is InChI=1S/C14H15BrF3N3.2ClH/c15-12-2-1-10(14(16,17)18)9-11(12)13(3-4-19)21-7-5-20-6-8-21;;/h1-2,9,13,20H,3,5-8H2;2*1H/t13-;;/m0../s1. The van der Waals surface area contributed by atoms with E-state index in [9.17, 15) is 13.2 Å². The minimum absolute atomic E-state index is 0. The lowest BCUT2D eigenvalue weighted by molar-refractivity contribution is -0.137. The number of piperazine rings is 1. The zero-order chi connectivity index (χ0) is 15.5.